The number of hydrogen-bond donors (Lipinski definition) is 3. The van der Waals surface area contributed by atoms with Gasteiger partial charge in [-0.3, -0.25) is 9.59 Å². The van der Waals surface area contributed by atoms with Crippen molar-refractivity contribution in [2.45, 2.75) is 65.6 Å². The molecule has 0 aliphatic carbocycles. The average molecular weight is 327 g/mol. The number of rotatable bonds is 5. The highest BCUT2D eigenvalue weighted by Gasteiger charge is 2.40. The molecule has 23 heavy (non-hydrogen) atoms. The standard InChI is InChI=1S/C16H29N3O4/c1-9(2)11(15(22)23)18-13(20)10-7-6-8-19(10)14(21)12(17)16(3,4)5/h9-12H,6-8,17H2,1-5H3,(H,18,20)(H,22,23)/t10-,11-,12+/m0/s1. The second kappa shape index (κ2) is 7.29. The summed E-state index contributed by atoms with van der Waals surface area (Å²) in [4.78, 5) is 37.7. The molecule has 0 radical (unpaired) electrons. The van der Waals surface area contributed by atoms with E-state index in [1.807, 2.05) is 20.8 Å². The summed E-state index contributed by atoms with van der Waals surface area (Å²) in [5.74, 6) is -1.99. The van der Waals surface area contributed by atoms with Crippen LogP contribution >= 0.6 is 0 Å². The van der Waals surface area contributed by atoms with Crippen molar-refractivity contribution in [3.63, 3.8) is 0 Å². The molecule has 1 rings (SSSR count). The molecule has 0 aromatic rings. The number of likely N-dealkylation sites (tertiary alicyclic amines) is 1. The first-order valence-electron chi connectivity index (χ1n) is 8.06. The molecule has 1 heterocycles. The molecule has 0 bridgehead atoms. The number of carboxylic acids is 1. The first-order valence-corrected chi connectivity index (χ1v) is 8.06. The predicted octanol–water partition coefficient (Wildman–Crippen LogP) is 0.576. The average Bonchev–Trinajstić information content (AvgIpc) is 2.90. The van der Waals surface area contributed by atoms with E-state index < -0.39 is 35.4 Å². The Labute approximate surface area is 137 Å². The van der Waals surface area contributed by atoms with Crippen LogP contribution in [0.15, 0.2) is 0 Å². The van der Waals surface area contributed by atoms with Crippen molar-refractivity contribution in [2.75, 3.05) is 6.54 Å². The molecule has 0 unspecified atom stereocenters. The van der Waals surface area contributed by atoms with Crippen LogP contribution in [-0.2, 0) is 14.4 Å². The largest absolute Gasteiger partial charge is 0.480 e. The van der Waals surface area contributed by atoms with Gasteiger partial charge in [0, 0.05) is 6.54 Å². The zero-order valence-corrected chi connectivity index (χ0v) is 14.6. The summed E-state index contributed by atoms with van der Waals surface area (Å²) < 4.78 is 0. The van der Waals surface area contributed by atoms with Crippen LogP contribution in [-0.4, -0.2) is 52.5 Å². The second-order valence-electron chi connectivity index (χ2n) is 7.60. The van der Waals surface area contributed by atoms with Gasteiger partial charge in [-0.2, -0.15) is 0 Å². The lowest BCUT2D eigenvalue weighted by Gasteiger charge is -2.33. The van der Waals surface area contributed by atoms with Gasteiger partial charge in [0.15, 0.2) is 0 Å². The van der Waals surface area contributed by atoms with E-state index in [4.69, 9.17) is 5.73 Å². The Morgan fingerprint density at radius 2 is 1.83 bits per heavy atom. The maximum absolute atomic E-state index is 12.6. The fourth-order valence-corrected chi connectivity index (χ4v) is 2.62. The van der Waals surface area contributed by atoms with Crippen LogP contribution in [0.1, 0.15) is 47.5 Å². The Hall–Kier alpha value is -1.63. The number of carbonyl (C=O) groups excluding carboxylic acids is 2. The van der Waals surface area contributed by atoms with Gasteiger partial charge in [-0.05, 0) is 24.2 Å². The number of carbonyl (C=O) groups is 3. The van der Waals surface area contributed by atoms with Crippen LogP contribution in [0.3, 0.4) is 0 Å². The molecule has 3 atom stereocenters. The fourth-order valence-electron chi connectivity index (χ4n) is 2.62. The quantitative estimate of drug-likeness (QED) is 0.683. The van der Waals surface area contributed by atoms with Crippen molar-refractivity contribution in [1.82, 2.24) is 10.2 Å². The molecule has 1 saturated heterocycles. The predicted molar refractivity (Wildman–Crippen MR) is 86.6 cm³/mol. The SMILES string of the molecule is CC(C)[C@H](NC(=O)[C@@H]1CCCN1C(=O)[C@@H](N)C(C)(C)C)C(=O)O. The van der Waals surface area contributed by atoms with Crippen molar-refractivity contribution < 1.29 is 19.5 Å². The monoisotopic (exact) mass is 327 g/mol. The number of aliphatic carboxylic acids is 1. The molecular weight excluding hydrogens is 298 g/mol. The van der Waals surface area contributed by atoms with Gasteiger partial charge in [0.2, 0.25) is 11.8 Å². The van der Waals surface area contributed by atoms with Crippen LogP contribution in [0.25, 0.3) is 0 Å². The van der Waals surface area contributed by atoms with Gasteiger partial charge < -0.3 is 21.1 Å². The number of hydrogen-bond acceptors (Lipinski definition) is 4. The zero-order valence-electron chi connectivity index (χ0n) is 14.6. The first kappa shape index (κ1) is 19.4. The molecule has 7 heteroatoms. The third kappa shape index (κ3) is 4.67. The van der Waals surface area contributed by atoms with Crippen LogP contribution < -0.4 is 11.1 Å². The van der Waals surface area contributed by atoms with Crippen molar-refractivity contribution in [3.05, 3.63) is 0 Å². The van der Waals surface area contributed by atoms with Gasteiger partial charge >= 0.3 is 5.97 Å². The Kier molecular flexibility index (Phi) is 6.16. The van der Waals surface area contributed by atoms with Gasteiger partial charge in [0.05, 0.1) is 6.04 Å². The lowest BCUT2D eigenvalue weighted by Crippen LogP contribution is -2.56. The van der Waals surface area contributed by atoms with Crippen molar-refractivity contribution >= 4 is 17.8 Å². The van der Waals surface area contributed by atoms with Crippen LogP contribution in [0.4, 0.5) is 0 Å². The van der Waals surface area contributed by atoms with Gasteiger partial charge in [0.25, 0.3) is 0 Å². The summed E-state index contributed by atoms with van der Waals surface area (Å²) in [5, 5.41) is 11.7. The molecule has 0 aromatic carbocycles. The highest BCUT2D eigenvalue weighted by Crippen LogP contribution is 2.24. The van der Waals surface area contributed by atoms with Crippen molar-refractivity contribution in [2.24, 2.45) is 17.1 Å². The number of nitrogens with one attached hydrogen (secondary N) is 1. The summed E-state index contributed by atoms with van der Waals surface area (Å²) in [6, 6.07) is -2.30. The highest BCUT2D eigenvalue weighted by atomic mass is 16.4. The minimum atomic E-state index is -1.07. The Bertz CT molecular complexity index is 470. The Balaban J connectivity index is 2.84. The van der Waals surface area contributed by atoms with Gasteiger partial charge in [-0.25, -0.2) is 4.79 Å². The van der Waals surface area contributed by atoms with E-state index in [0.29, 0.717) is 19.4 Å². The maximum Gasteiger partial charge on any atom is 0.326 e. The normalized spacial score (nSPS) is 21.2. The smallest absolute Gasteiger partial charge is 0.326 e. The van der Waals surface area contributed by atoms with E-state index in [1.54, 1.807) is 13.8 Å². The summed E-state index contributed by atoms with van der Waals surface area (Å²) in [7, 11) is 0. The maximum atomic E-state index is 12.6. The second-order valence-corrected chi connectivity index (χ2v) is 7.60. The Morgan fingerprint density at radius 3 is 2.26 bits per heavy atom. The first-order chi connectivity index (χ1) is 10.5. The van der Waals surface area contributed by atoms with E-state index in [-0.39, 0.29) is 11.8 Å². The Morgan fingerprint density at radius 1 is 1.26 bits per heavy atom. The number of nitrogens with zero attached hydrogens (tertiary/aromatic N) is 1. The highest BCUT2D eigenvalue weighted by molar-refractivity contribution is 5.92. The number of carboxylic acid groups (broad SMARTS) is 1. The third-order valence-electron chi connectivity index (χ3n) is 4.27. The van der Waals surface area contributed by atoms with Crippen molar-refractivity contribution in [1.29, 1.82) is 0 Å². The van der Waals surface area contributed by atoms with Crippen molar-refractivity contribution in [3.8, 4) is 0 Å². The van der Waals surface area contributed by atoms with E-state index in [9.17, 15) is 19.5 Å². The molecular formula is C16H29N3O4. The summed E-state index contributed by atoms with van der Waals surface area (Å²) in [6.45, 7) is 9.55. The molecule has 7 nitrogen and oxygen atoms in total. The zero-order chi connectivity index (χ0) is 17.9. The molecule has 1 aliphatic heterocycles. The minimum absolute atomic E-state index is 0.237. The molecule has 0 saturated carbocycles. The van der Waals surface area contributed by atoms with E-state index in [2.05, 4.69) is 5.32 Å². The summed E-state index contributed by atoms with van der Waals surface area (Å²) in [5.41, 5.74) is 5.62. The third-order valence-corrected chi connectivity index (χ3v) is 4.27. The van der Waals surface area contributed by atoms with E-state index >= 15 is 0 Å². The lowest BCUT2D eigenvalue weighted by atomic mass is 9.86. The number of amides is 2. The van der Waals surface area contributed by atoms with Crippen LogP contribution in [0.2, 0.25) is 0 Å². The van der Waals surface area contributed by atoms with Crippen LogP contribution in [0.5, 0.6) is 0 Å². The van der Waals surface area contributed by atoms with E-state index in [0.717, 1.165) is 0 Å². The lowest BCUT2D eigenvalue weighted by molar-refractivity contribution is -0.145. The molecule has 132 valence electrons. The van der Waals surface area contributed by atoms with Gasteiger partial charge in [-0.1, -0.05) is 34.6 Å². The molecule has 2 amide bonds. The van der Waals surface area contributed by atoms with Crippen LogP contribution in [0, 0.1) is 11.3 Å². The molecule has 4 N–H and O–H groups in total. The fraction of sp³-hybridized carbons (Fsp3) is 0.812. The molecule has 1 aliphatic rings. The molecule has 1 fully saturated rings. The van der Waals surface area contributed by atoms with E-state index in [1.165, 1.54) is 4.90 Å². The topological polar surface area (TPSA) is 113 Å². The van der Waals surface area contributed by atoms with Gasteiger partial charge in [-0.15, -0.1) is 0 Å². The number of nitrogens with two attached hydrogens (primary N) is 1. The minimum Gasteiger partial charge on any atom is -0.480 e. The molecule has 0 aromatic heterocycles. The molecule has 0 spiro atoms. The van der Waals surface area contributed by atoms with Gasteiger partial charge in [0.1, 0.15) is 12.1 Å². The summed E-state index contributed by atoms with van der Waals surface area (Å²) >= 11 is 0. The summed E-state index contributed by atoms with van der Waals surface area (Å²) in [6.07, 6.45) is 1.24.